The van der Waals surface area contributed by atoms with Gasteiger partial charge < -0.3 is 15.0 Å². The Labute approximate surface area is 113 Å². The first kappa shape index (κ1) is 12.4. The molecule has 0 bridgehead atoms. The quantitative estimate of drug-likeness (QED) is 0.901. The van der Waals surface area contributed by atoms with E-state index in [-0.39, 0.29) is 12.0 Å². The van der Waals surface area contributed by atoms with Crippen molar-refractivity contribution >= 4 is 17.4 Å². The van der Waals surface area contributed by atoms with Crippen LogP contribution in [0.15, 0.2) is 18.3 Å². The van der Waals surface area contributed by atoms with Crippen molar-refractivity contribution in [3.8, 4) is 0 Å². The van der Waals surface area contributed by atoms with Gasteiger partial charge in [-0.1, -0.05) is 0 Å². The molecule has 1 N–H and O–H groups in total. The Bertz CT molecular complexity index is 435. The van der Waals surface area contributed by atoms with Crippen LogP contribution >= 0.6 is 0 Å². The maximum absolute atomic E-state index is 11.9. The first-order valence-corrected chi connectivity index (χ1v) is 6.96. The molecule has 0 unspecified atom stereocenters. The van der Waals surface area contributed by atoms with Crippen molar-refractivity contribution < 1.29 is 9.53 Å². The van der Waals surface area contributed by atoms with Gasteiger partial charge in [0.25, 0.3) is 5.91 Å². The van der Waals surface area contributed by atoms with E-state index in [9.17, 15) is 4.79 Å². The molecular weight excluding hydrogens is 242 g/mol. The van der Waals surface area contributed by atoms with E-state index in [2.05, 4.69) is 15.2 Å². The van der Waals surface area contributed by atoms with Crippen LogP contribution in [0.5, 0.6) is 0 Å². The molecule has 3 rings (SSSR count). The Hall–Kier alpha value is -1.62. The molecule has 0 saturated carbocycles. The average Bonchev–Trinajstić information content (AvgIpc) is 3.13. The zero-order valence-electron chi connectivity index (χ0n) is 11.0. The molecule has 2 aliphatic rings. The van der Waals surface area contributed by atoms with Gasteiger partial charge >= 0.3 is 0 Å². The van der Waals surface area contributed by atoms with Gasteiger partial charge in [-0.3, -0.25) is 4.79 Å². The fraction of sp³-hybridized carbons (Fsp3) is 0.571. The van der Waals surface area contributed by atoms with Crippen LogP contribution < -0.4 is 10.2 Å². The summed E-state index contributed by atoms with van der Waals surface area (Å²) in [6, 6.07) is 3.88. The molecule has 5 heteroatoms. The van der Waals surface area contributed by atoms with Gasteiger partial charge in [-0.05, 0) is 37.8 Å². The highest BCUT2D eigenvalue weighted by atomic mass is 16.5. The fourth-order valence-corrected chi connectivity index (χ4v) is 2.61. The van der Waals surface area contributed by atoms with Crippen molar-refractivity contribution in [1.29, 1.82) is 0 Å². The predicted molar refractivity (Wildman–Crippen MR) is 73.3 cm³/mol. The third-order valence-corrected chi connectivity index (χ3v) is 3.69. The van der Waals surface area contributed by atoms with Crippen LogP contribution in [-0.2, 0) is 9.53 Å². The second-order valence-electron chi connectivity index (χ2n) is 5.09. The number of anilines is 2. The number of hydrogen-bond acceptors (Lipinski definition) is 4. The number of rotatable bonds is 3. The Morgan fingerprint density at radius 1 is 1.32 bits per heavy atom. The number of hydrogen-bond donors (Lipinski definition) is 1. The van der Waals surface area contributed by atoms with E-state index >= 15 is 0 Å². The third kappa shape index (κ3) is 2.87. The zero-order valence-corrected chi connectivity index (χ0v) is 11.0. The van der Waals surface area contributed by atoms with Crippen molar-refractivity contribution in [2.24, 2.45) is 0 Å². The lowest BCUT2D eigenvalue weighted by atomic mass is 10.2. The molecule has 1 aromatic heterocycles. The molecule has 1 aromatic rings. The molecule has 2 saturated heterocycles. The molecular formula is C14H19N3O2. The summed E-state index contributed by atoms with van der Waals surface area (Å²) in [6.45, 7) is 2.88. The van der Waals surface area contributed by atoms with E-state index in [1.807, 2.05) is 18.3 Å². The maximum Gasteiger partial charge on any atom is 0.254 e. The minimum atomic E-state index is -0.306. The Kier molecular flexibility index (Phi) is 3.64. The second-order valence-corrected chi connectivity index (χ2v) is 5.09. The van der Waals surface area contributed by atoms with E-state index in [0.717, 1.165) is 31.6 Å². The predicted octanol–water partition coefficient (Wildman–Crippen LogP) is 1.80. The lowest BCUT2D eigenvalue weighted by molar-refractivity contribution is -0.124. The van der Waals surface area contributed by atoms with Crippen molar-refractivity contribution in [1.82, 2.24) is 4.98 Å². The minimum Gasteiger partial charge on any atom is -0.370 e. The highest BCUT2D eigenvalue weighted by Gasteiger charge is 2.23. The van der Waals surface area contributed by atoms with Crippen LogP contribution in [0.2, 0.25) is 0 Å². The van der Waals surface area contributed by atoms with Crippen LogP contribution in [0.4, 0.5) is 11.5 Å². The van der Waals surface area contributed by atoms with Crippen LogP contribution in [0, 0.1) is 0 Å². The maximum atomic E-state index is 11.9. The summed E-state index contributed by atoms with van der Waals surface area (Å²) in [5.41, 5.74) is 1.13. The van der Waals surface area contributed by atoms with Crippen LogP contribution in [-0.4, -0.2) is 36.7 Å². The first-order chi connectivity index (χ1) is 9.33. The van der Waals surface area contributed by atoms with Gasteiger partial charge in [0.05, 0.1) is 11.9 Å². The lowest BCUT2D eigenvalue weighted by Gasteiger charge is -2.17. The second kappa shape index (κ2) is 5.57. The zero-order chi connectivity index (χ0) is 13.1. The number of ether oxygens (including phenoxy) is 1. The molecule has 5 nitrogen and oxygen atoms in total. The van der Waals surface area contributed by atoms with E-state index in [4.69, 9.17) is 4.74 Å². The topological polar surface area (TPSA) is 54.5 Å². The van der Waals surface area contributed by atoms with Crippen LogP contribution in [0.25, 0.3) is 0 Å². The summed E-state index contributed by atoms with van der Waals surface area (Å²) in [6.07, 6.45) is 5.78. The number of amides is 1. The SMILES string of the molecule is O=C(Nc1ccc(N2CCCC2)cn1)[C@H]1CCCO1. The average molecular weight is 261 g/mol. The summed E-state index contributed by atoms with van der Waals surface area (Å²) in [7, 11) is 0. The number of nitrogens with one attached hydrogen (secondary N) is 1. The normalized spacial score (nSPS) is 22.7. The van der Waals surface area contributed by atoms with Gasteiger partial charge in [-0.25, -0.2) is 4.98 Å². The smallest absolute Gasteiger partial charge is 0.254 e. The molecule has 102 valence electrons. The van der Waals surface area contributed by atoms with Gasteiger partial charge in [0.1, 0.15) is 11.9 Å². The van der Waals surface area contributed by atoms with Crippen molar-refractivity contribution in [2.45, 2.75) is 31.8 Å². The molecule has 3 heterocycles. The standard InChI is InChI=1S/C14H19N3O2/c18-14(12-4-3-9-19-12)16-13-6-5-11(10-15-13)17-7-1-2-8-17/h5-6,10,12H,1-4,7-9H2,(H,15,16,18)/t12-/m1/s1. The number of pyridine rings is 1. The summed E-state index contributed by atoms with van der Waals surface area (Å²) in [5, 5.41) is 2.81. The molecule has 0 spiro atoms. The van der Waals surface area contributed by atoms with Crippen molar-refractivity contribution in [3.63, 3.8) is 0 Å². The van der Waals surface area contributed by atoms with Gasteiger partial charge in [0, 0.05) is 19.7 Å². The molecule has 0 aromatic carbocycles. The van der Waals surface area contributed by atoms with Crippen molar-refractivity contribution in [2.75, 3.05) is 29.9 Å². The number of carbonyl (C=O) groups excluding carboxylic acids is 1. The summed E-state index contributed by atoms with van der Waals surface area (Å²) >= 11 is 0. The third-order valence-electron chi connectivity index (χ3n) is 3.69. The Balaban J connectivity index is 1.60. The van der Waals surface area contributed by atoms with E-state index in [0.29, 0.717) is 12.4 Å². The molecule has 2 aliphatic heterocycles. The van der Waals surface area contributed by atoms with Gasteiger partial charge in [0.2, 0.25) is 0 Å². The molecule has 0 aliphatic carbocycles. The lowest BCUT2D eigenvalue weighted by Crippen LogP contribution is -2.27. The molecule has 2 fully saturated rings. The van der Waals surface area contributed by atoms with Crippen molar-refractivity contribution in [3.05, 3.63) is 18.3 Å². The van der Waals surface area contributed by atoms with Crippen LogP contribution in [0.1, 0.15) is 25.7 Å². The largest absolute Gasteiger partial charge is 0.370 e. The minimum absolute atomic E-state index is 0.0843. The molecule has 1 amide bonds. The Morgan fingerprint density at radius 3 is 2.79 bits per heavy atom. The number of aromatic nitrogens is 1. The highest BCUT2D eigenvalue weighted by Crippen LogP contribution is 2.20. The van der Waals surface area contributed by atoms with E-state index < -0.39 is 0 Å². The summed E-state index contributed by atoms with van der Waals surface area (Å²) in [4.78, 5) is 18.5. The molecule has 1 atom stereocenters. The monoisotopic (exact) mass is 261 g/mol. The highest BCUT2D eigenvalue weighted by molar-refractivity contribution is 5.93. The molecule has 19 heavy (non-hydrogen) atoms. The van der Waals surface area contributed by atoms with E-state index in [1.54, 1.807) is 0 Å². The van der Waals surface area contributed by atoms with E-state index in [1.165, 1.54) is 12.8 Å². The van der Waals surface area contributed by atoms with Gasteiger partial charge in [0.15, 0.2) is 0 Å². The fourth-order valence-electron chi connectivity index (χ4n) is 2.61. The number of carbonyl (C=O) groups is 1. The first-order valence-electron chi connectivity index (χ1n) is 6.96. The van der Waals surface area contributed by atoms with Crippen LogP contribution in [0.3, 0.4) is 0 Å². The van der Waals surface area contributed by atoms with Gasteiger partial charge in [-0.15, -0.1) is 0 Å². The number of nitrogens with zero attached hydrogens (tertiary/aromatic N) is 2. The Morgan fingerprint density at radius 2 is 2.16 bits per heavy atom. The summed E-state index contributed by atoms with van der Waals surface area (Å²) < 4.78 is 5.34. The molecule has 0 radical (unpaired) electrons. The summed E-state index contributed by atoms with van der Waals surface area (Å²) in [5.74, 6) is 0.516. The van der Waals surface area contributed by atoms with Gasteiger partial charge in [-0.2, -0.15) is 0 Å².